The average molecular weight is 293 g/mol. The Kier molecular flexibility index (Phi) is 6.39. The van der Waals surface area contributed by atoms with Crippen molar-refractivity contribution in [3.05, 3.63) is 11.9 Å². The van der Waals surface area contributed by atoms with Crippen molar-refractivity contribution >= 4 is 17.5 Å². The first-order chi connectivity index (χ1) is 9.92. The van der Waals surface area contributed by atoms with E-state index in [9.17, 15) is 4.79 Å². The number of rotatable bonds is 7. The average Bonchev–Trinajstić information content (AvgIpc) is 2.44. The van der Waals surface area contributed by atoms with Crippen LogP contribution in [0.3, 0.4) is 0 Å². The molecule has 0 fully saturated rings. The van der Waals surface area contributed by atoms with Crippen LogP contribution in [0.4, 0.5) is 11.6 Å². The number of hydrogen-bond acceptors (Lipinski definition) is 5. The number of aromatic nitrogens is 2. The van der Waals surface area contributed by atoms with Gasteiger partial charge in [-0.25, -0.2) is 9.97 Å². The molecule has 0 aliphatic heterocycles. The number of likely N-dealkylation sites (N-methyl/N-ethyl adjacent to an activating group) is 2. The topological polar surface area (TPSA) is 61.4 Å². The van der Waals surface area contributed by atoms with E-state index in [1.165, 1.54) is 0 Å². The van der Waals surface area contributed by atoms with E-state index in [-0.39, 0.29) is 11.8 Å². The van der Waals surface area contributed by atoms with Gasteiger partial charge in [-0.15, -0.1) is 0 Å². The van der Waals surface area contributed by atoms with Crippen molar-refractivity contribution in [1.29, 1.82) is 0 Å². The molecule has 0 aromatic carbocycles. The Morgan fingerprint density at radius 2 is 1.95 bits per heavy atom. The van der Waals surface area contributed by atoms with Gasteiger partial charge in [-0.3, -0.25) is 4.79 Å². The van der Waals surface area contributed by atoms with Gasteiger partial charge in [0, 0.05) is 32.7 Å². The number of nitrogens with zero attached hydrogens (tertiary/aromatic N) is 4. The minimum Gasteiger partial charge on any atom is -0.370 e. The van der Waals surface area contributed by atoms with E-state index < -0.39 is 0 Å². The molecule has 1 heterocycles. The Balaban J connectivity index is 3.19. The molecule has 21 heavy (non-hydrogen) atoms. The first-order valence-corrected chi connectivity index (χ1v) is 7.46. The SMILES string of the molecule is CCNc1ncnc(N(CC)CC(=O)N(C)C)c1C(C)C. The van der Waals surface area contributed by atoms with Gasteiger partial charge in [0.2, 0.25) is 5.91 Å². The van der Waals surface area contributed by atoms with Gasteiger partial charge < -0.3 is 15.1 Å². The molecule has 0 bridgehead atoms. The van der Waals surface area contributed by atoms with E-state index in [0.29, 0.717) is 6.54 Å². The third-order valence-electron chi connectivity index (χ3n) is 3.29. The molecular weight excluding hydrogens is 266 g/mol. The van der Waals surface area contributed by atoms with Crippen molar-refractivity contribution in [2.75, 3.05) is 43.9 Å². The van der Waals surface area contributed by atoms with Crippen LogP contribution in [0, 0.1) is 0 Å². The van der Waals surface area contributed by atoms with E-state index in [1.54, 1.807) is 25.3 Å². The molecule has 0 aliphatic carbocycles. The zero-order valence-electron chi connectivity index (χ0n) is 14.0. The zero-order valence-corrected chi connectivity index (χ0v) is 14.0. The van der Waals surface area contributed by atoms with E-state index in [0.717, 1.165) is 30.3 Å². The highest BCUT2D eigenvalue weighted by molar-refractivity contribution is 5.81. The maximum atomic E-state index is 12.0. The lowest BCUT2D eigenvalue weighted by Gasteiger charge is -2.27. The summed E-state index contributed by atoms with van der Waals surface area (Å²) >= 11 is 0. The smallest absolute Gasteiger partial charge is 0.241 e. The molecule has 1 aromatic rings. The van der Waals surface area contributed by atoms with Crippen LogP contribution in [-0.2, 0) is 4.79 Å². The van der Waals surface area contributed by atoms with Crippen LogP contribution in [-0.4, -0.2) is 54.5 Å². The third kappa shape index (κ3) is 4.31. The summed E-state index contributed by atoms with van der Waals surface area (Å²) in [5, 5.41) is 3.28. The Bertz CT molecular complexity index is 473. The van der Waals surface area contributed by atoms with Crippen molar-refractivity contribution in [3.8, 4) is 0 Å². The normalized spacial score (nSPS) is 10.6. The fourth-order valence-corrected chi connectivity index (χ4v) is 2.12. The van der Waals surface area contributed by atoms with Gasteiger partial charge in [0.15, 0.2) is 0 Å². The van der Waals surface area contributed by atoms with Gasteiger partial charge in [-0.1, -0.05) is 13.8 Å². The van der Waals surface area contributed by atoms with Crippen LogP contribution in [0.25, 0.3) is 0 Å². The highest BCUT2D eigenvalue weighted by atomic mass is 16.2. The van der Waals surface area contributed by atoms with E-state index in [2.05, 4.69) is 29.1 Å². The fraction of sp³-hybridized carbons (Fsp3) is 0.667. The van der Waals surface area contributed by atoms with Gasteiger partial charge in [0.05, 0.1) is 6.54 Å². The second-order valence-electron chi connectivity index (χ2n) is 5.45. The molecule has 0 saturated carbocycles. The number of amides is 1. The van der Waals surface area contributed by atoms with Crippen LogP contribution in [0.5, 0.6) is 0 Å². The van der Waals surface area contributed by atoms with E-state index >= 15 is 0 Å². The molecule has 0 unspecified atom stereocenters. The number of anilines is 2. The number of hydrogen-bond donors (Lipinski definition) is 1. The molecule has 0 saturated heterocycles. The minimum atomic E-state index is 0.0650. The van der Waals surface area contributed by atoms with Crippen molar-refractivity contribution in [3.63, 3.8) is 0 Å². The molecule has 0 spiro atoms. The van der Waals surface area contributed by atoms with Gasteiger partial charge >= 0.3 is 0 Å². The van der Waals surface area contributed by atoms with Crippen molar-refractivity contribution in [2.24, 2.45) is 0 Å². The molecule has 6 nitrogen and oxygen atoms in total. The highest BCUT2D eigenvalue weighted by Crippen LogP contribution is 2.30. The lowest BCUT2D eigenvalue weighted by Crippen LogP contribution is -2.37. The van der Waals surface area contributed by atoms with Crippen molar-refractivity contribution < 1.29 is 4.79 Å². The molecular formula is C15H27N5O. The largest absolute Gasteiger partial charge is 0.370 e. The summed E-state index contributed by atoms with van der Waals surface area (Å²) in [6.45, 7) is 10.2. The quantitative estimate of drug-likeness (QED) is 0.832. The molecule has 6 heteroatoms. The van der Waals surface area contributed by atoms with Crippen molar-refractivity contribution in [2.45, 2.75) is 33.6 Å². The van der Waals surface area contributed by atoms with Gasteiger partial charge in [-0.05, 0) is 19.8 Å². The molecule has 1 rings (SSSR count). The zero-order chi connectivity index (χ0) is 16.0. The van der Waals surface area contributed by atoms with Gasteiger partial charge in [-0.2, -0.15) is 0 Å². The maximum Gasteiger partial charge on any atom is 0.241 e. The van der Waals surface area contributed by atoms with E-state index in [4.69, 9.17) is 0 Å². The second kappa shape index (κ2) is 7.81. The van der Waals surface area contributed by atoms with Gasteiger partial charge in [0.25, 0.3) is 0 Å². The van der Waals surface area contributed by atoms with Crippen molar-refractivity contribution in [1.82, 2.24) is 14.9 Å². The molecule has 1 amide bonds. The molecule has 0 atom stereocenters. The minimum absolute atomic E-state index is 0.0650. The summed E-state index contributed by atoms with van der Waals surface area (Å²) in [7, 11) is 3.53. The number of carbonyl (C=O) groups is 1. The summed E-state index contributed by atoms with van der Waals surface area (Å²) in [5.74, 6) is 2.04. The monoisotopic (exact) mass is 293 g/mol. The molecule has 0 radical (unpaired) electrons. The summed E-state index contributed by atoms with van der Waals surface area (Å²) in [6, 6.07) is 0. The molecule has 0 aliphatic rings. The summed E-state index contributed by atoms with van der Waals surface area (Å²) in [4.78, 5) is 24.4. The Labute approximate surface area is 127 Å². The maximum absolute atomic E-state index is 12.0. The summed E-state index contributed by atoms with van der Waals surface area (Å²) < 4.78 is 0. The fourth-order valence-electron chi connectivity index (χ4n) is 2.12. The molecule has 1 aromatic heterocycles. The molecule has 118 valence electrons. The Morgan fingerprint density at radius 3 is 2.43 bits per heavy atom. The first kappa shape index (κ1) is 17.2. The van der Waals surface area contributed by atoms with Crippen LogP contribution in [0.15, 0.2) is 6.33 Å². The standard InChI is InChI=1S/C15H27N5O/c1-7-16-14-13(11(3)4)15(18-10-17-14)20(8-2)9-12(21)19(5)6/h10-11H,7-9H2,1-6H3,(H,16,17,18). The summed E-state index contributed by atoms with van der Waals surface area (Å²) in [5.41, 5.74) is 1.06. The first-order valence-electron chi connectivity index (χ1n) is 7.46. The van der Waals surface area contributed by atoms with Gasteiger partial charge in [0.1, 0.15) is 18.0 Å². The summed E-state index contributed by atoms with van der Waals surface area (Å²) in [6.07, 6.45) is 1.56. The highest BCUT2D eigenvalue weighted by Gasteiger charge is 2.21. The Morgan fingerprint density at radius 1 is 1.29 bits per heavy atom. The lowest BCUT2D eigenvalue weighted by atomic mass is 10.0. The second-order valence-corrected chi connectivity index (χ2v) is 5.45. The Hall–Kier alpha value is -1.85. The number of carbonyl (C=O) groups excluding carboxylic acids is 1. The molecule has 1 N–H and O–H groups in total. The predicted molar refractivity (Wildman–Crippen MR) is 86.9 cm³/mol. The number of nitrogens with one attached hydrogen (secondary N) is 1. The van der Waals surface area contributed by atoms with Crippen LogP contribution in [0.2, 0.25) is 0 Å². The van der Waals surface area contributed by atoms with Crippen LogP contribution in [0.1, 0.15) is 39.2 Å². The van der Waals surface area contributed by atoms with Crippen LogP contribution < -0.4 is 10.2 Å². The third-order valence-corrected chi connectivity index (χ3v) is 3.29. The predicted octanol–water partition coefficient (Wildman–Crippen LogP) is 1.95. The van der Waals surface area contributed by atoms with E-state index in [1.807, 2.05) is 18.7 Å². The van der Waals surface area contributed by atoms with Crippen LogP contribution >= 0.6 is 0 Å². The lowest BCUT2D eigenvalue weighted by molar-refractivity contribution is -0.127.